The lowest BCUT2D eigenvalue weighted by Gasteiger charge is -2.20. The van der Waals surface area contributed by atoms with Gasteiger partial charge in [0.15, 0.2) is 0 Å². The third-order valence-electron chi connectivity index (χ3n) is 3.59. The highest BCUT2D eigenvalue weighted by atomic mass is 16.5. The molecule has 1 fully saturated rings. The maximum atomic E-state index is 12.5. The van der Waals surface area contributed by atoms with E-state index >= 15 is 0 Å². The summed E-state index contributed by atoms with van der Waals surface area (Å²) in [4.78, 5) is 24.7. The van der Waals surface area contributed by atoms with Crippen molar-refractivity contribution >= 4 is 11.9 Å². The number of hydrogen-bond acceptors (Lipinski definition) is 4. The number of ether oxygens (including phenoxy) is 2. The molecule has 0 aromatic heterocycles. The van der Waals surface area contributed by atoms with E-state index in [-0.39, 0.29) is 12.5 Å². The Bertz CT molecular complexity index is 553. The molecule has 0 aliphatic heterocycles. The van der Waals surface area contributed by atoms with Gasteiger partial charge < -0.3 is 19.5 Å². The number of carbonyl (C=O) groups is 2. The summed E-state index contributed by atoms with van der Waals surface area (Å²) in [7, 11) is 1.55. The molecular formula is C16H21NO5. The number of nitrogens with zero attached hydrogens (tertiary/aromatic N) is 1. The molecule has 0 atom stereocenters. The van der Waals surface area contributed by atoms with Crippen molar-refractivity contribution in [3.63, 3.8) is 0 Å². The minimum atomic E-state index is -1.04. The van der Waals surface area contributed by atoms with E-state index in [0.29, 0.717) is 36.1 Å². The Morgan fingerprint density at radius 2 is 2.09 bits per heavy atom. The first-order chi connectivity index (χ1) is 10.5. The van der Waals surface area contributed by atoms with Crippen LogP contribution in [0.2, 0.25) is 0 Å². The van der Waals surface area contributed by atoms with E-state index in [1.807, 2.05) is 0 Å². The summed E-state index contributed by atoms with van der Waals surface area (Å²) in [6, 6.07) is 4.96. The van der Waals surface area contributed by atoms with Crippen LogP contribution in [0, 0.1) is 5.92 Å². The number of carboxylic acids is 1. The molecule has 1 aliphatic carbocycles. The Morgan fingerprint density at radius 3 is 2.64 bits per heavy atom. The molecule has 2 rings (SSSR count). The zero-order chi connectivity index (χ0) is 16.1. The second-order valence-corrected chi connectivity index (χ2v) is 5.33. The van der Waals surface area contributed by atoms with Gasteiger partial charge >= 0.3 is 5.97 Å². The second-order valence-electron chi connectivity index (χ2n) is 5.33. The first-order valence-corrected chi connectivity index (χ1v) is 7.37. The fraction of sp³-hybridized carbons (Fsp3) is 0.500. The van der Waals surface area contributed by atoms with Crippen LogP contribution in [0.5, 0.6) is 11.5 Å². The average molecular weight is 307 g/mol. The molecule has 0 heterocycles. The molecule has 0 bridgehead atoms. The Morgan fingerprint density at radius 1 is 1.36 bits per heavy atom. The molecule has 0 saturated heterocycles. The molecule has 1 amide bonds. The van der Waals surface area contributed by atoms with Gasteiger partial charge in [-0.3, -0.25) is 9.59 Å². The number of methoxy groups -OCH3 is 1. The fourth-order valence-electron chi connectivity index (χ4n) is 2.08. The lowest BCUT2D eigenvalue weighted by molar-refractivity contribution is -0.137. The largest absolute Gasteiger partial charge is 0.497 e. The van der Waals surface area contributed by atoms with E-state index < -0.39 is 5.97 Å². The predicted octanol–water partition coefficient (Wildman–Crippen LogP) is 2.03. The lowest BCUT2D eigenvalue weighted by Crippen LogP contribution is -2.35. The summed E-state index contributed by atoms with van der Waals surface area (Å²) < 4.78 is 10.9. The molecule has 1 saturated carbocycles. The summed E-state index contributed by atoms with van der Waals surface area (Å²) in [6.07, 6.45) is 2.29. The van der Waals surface area contributed by atoms with Gasteiger partial charge in [-0.05, 0) is 37.8 Å². The van der Waals surface area contributed by atoms with Crippen LogP contribution in [0.25, 0.3) is 0 Å². The van der Waals surface area contributed by atoms with Crippen molar-refractivity contribution in [1.82, 2.24) is 4.90 Å². The number of amides is 1. The van der Waals surface area contributed by atoms with Crippen LogP contribution in [0.1, 0.15) is 30.1 Å². The number of likely N-dealkylation sites (N-methyl/N-ethyl adjacent to an activating group) is 1. The van der Waals surface area contributed by atoms with Gasteiger partial charge in [-0.1, -0.05) is 0 Å². The van der Waals surface area contributed by atoms with E-state index in [4.69, 9.17) is 14.6 Å². The molecule has 6 nitrogen and oxygen atoms in total. The van der Waals surface area contributed by atoms with Gasteiger partial charge in [0, 0.05) is 12.6 Å². The molecule has 0 unspecified atom stereocenters. The average Bonchev–Trinajstić information content (AvgIpc) is 3.33. The van der Waals surface area contributed by atoms with Crippen molar-refractivity contribution in [3.8, 4) is 11.5 Å². The lowest BCUT2D eigenvalue weighted by atomic mass is 10.1. The van der Waals surface area contributed by atoms with Gasteiger partial charge in [0.2, 0.25) is 0 Å². The van der Waals surface area contributed by atoms with Crippen molar-refractivity contribution in [2.45, 2.75) is 19.8 Å². The smallest absolute Gasteiger partial charge is 0.323 e. The number of rotatable bonds is 8. The van der Waals surface area contributed by atoms with Crippen molar-refractivity contribution in [3.05, 3.63) is 23.8 Å². The second kappa shape index (κ2) is 7.15. The quantitative estimate of drug-likeness (QED) is 0.795. The number of aliphatic carboxylic acids is 1. The van der Waals surface area contributed by atoms with Gasteiger partial charge in [-0.15, -0.1) is 0 Å². The molecule has 1 aromatic carbocycles. The van der Waals surface area contributed by atoms with E-state index in [0.717, 1.165) is 12.8 Å². The fourth-order valence-corrected chi connectivity index (χ4v) is 2.08. The third-order valence-corrected chi connectivity index (χ3v) is 3.59. The molecule has 1 aliphatic rings. The highest BCUT2D eigenvalue weighted by Crippen LogP contribution is 2.32. The van der Waals surface area contributed by atoms with Gasteiger partial charge in [-0.2, -0.15) is 0 Å². The number of hydrogen-bond donors (Lipinski definition) is 1. The van der Waals surface area contributed by atoms with Crippen LogP contribution in [0.4, 0.5) is 0 Å². The predicted molar refractivity (Wildman–Crippen MR) is 80.4 cm³/mol. The third kappa shape index (κ3) is 4.13. The van der Waals surface area contributed by atoms with Crippen LogP contribution >= 0.6 is 0 Å². The summed E-state index contributed by atoms with van der Waals surface area (Å²) in [6.45, 7) is 2.30. The molecule has 120 valence electrons. The normalized spacial score (nSPS) is 13.5. The van der Waals surface area contributed by atoms with E-state index in [2.05, 4.69) is 0 Å². The zero-order valence-corrected chi connectivity index (χ0v) is 12.9. The summed E-state index contributed by atoms with van der Waals surface area (Å²) >= 11 is 0. The van der Waals surface area contributed by atoms with Crippen molar-refractivity contribution < 1.29 is 24.2 Å². The molecule has 6 heteroatoms. The Labute approximate surface area is 129 Å². The molecule has 22 heavy (non-hydrogen) atoms. The summed E-state index contributed by atoms with van der Waals surface area (Å²) in [5, 5.41) is 8.90. The van der Waals surface area contributed by atoms with Gasteiger partial charge in [0.05, 0.1) is 19.3 Å². The summed E-state index contributed by atoms with van der Waals surface area (Å²) in [5.74, 6) is 0.210. The first kappa shape index (κ1) is 16.1. The van der Waals surface area contributed by atoms with E-state index in [1.54, 1.807) is 32.2 Å². The van der Waals surface area contributed by atoms with Crippen LogP contribution in [-0.2, 0) is 4.79 Å². The van der Waals surface area contributed by atoms with Gasteiger partial charge in [0.1, 0.15) is 18.0 Å². The minimum Gasteiger partial charge on any atom is -0.497 e. The molecule has 0 radical (unpaired) electrons. The first-order valence-electron chi connectivity index (χ1n) is 7.37. The molecular weight excluding hydrogens is 286 g/mol. The van der Waals surface area contributed by atoms with Crippen LogP contribution in [-0.4, -0.2) is 48.7 Å². The number of carbonyl (C=O) groups excluding carboxylic acids is 1. The zero-order valence-electron chi connectivity index (χ0n) is 12.9. The Kier molecular flexibility index (Phi) is 5.25. The maximum absolute atomic E-state index is 12.5. The Balaban J connectivity index is 2.22. The topological polar surface area (TPSA) is 76.1 Å². The van der Waals surface area contributed by atoms with Crippen LogP contribution < -0.4 is 9.47 Å². The standard InChI is InChI=1S/C16H21NO5/c1-3-17(9-15(18)19)16(20)13-7-6-12(21-2)8-14(13)22-10-11-4-5-11/h6-8,11H,3-5,9-10H2,1-2H3,(H,18,19). The maximum Gasteiger partial charge on any atom is 0.323 e. The van der Waals surface area contributed by atoms with E-state index in [9.17, 15) is 9.59 Å². The van der Waals surface area contributed by atoms with Crippen LogP contribution in [0.15, 0.2) is 18.2 Å². The molecule has 1 aromatic rings. The van der Waals surface area contributed by atoms with Crippen molar-refractivity contribution in [2.24, 2.45) is 5.92 Å². The van der Waals surface area contributed by atoms with Gasteiger partial charge in [-0.25, -0.2) is 0 Å². The van der Waals surface area contributed by atoms with E-state index in [1.165, 1.54) is 4.90 Å². The number of benzene rings is 1. The van der Waals surface area contributed by atoms with Crippen molar-refractivity contribution in [2.75, 3.05) is 26.8 Å². The molecule has 0 spiro atoms. The minimum absolute atomic E-state index is 0.319. The summed E-state index contributed by atoms with van der Waals surface area (Å²) in [5.41, 5.74) is 0.365. The SMILES string of the molecule is CCN(CC(=O)O)C(=O)c1ccc(OC)cc1OCC1CC1. The van der Waals surface area contributed by atoms with Gasteiger partial charge in [0.25, 0.3) is 5.91 Å². The van der Waals surface area contributed by atoms with Crippen molar-refractivity contribution in [1.29, 1.82) is 0 Å². The molecule has 1 N–H and O–H groups in total. The monoisotopic (exact) mass is 307 g/mol. The highest BCUT2D eigenvalue weighted by molar-refractivity contribution is 5.98. The van der Waals surface area contributed by atoms with Crippen LogP contribution in [0.3, 0.4) is 0 Å². The Hall–Kier alpha value is -2.24. The number of carboxylic acid groups (broad SMARTS) is 1. The highest BCUT2D eigenvalue weighted by Gasteiger charge is 2.25.